The molecule has 0 saturated heterocycles. The highest BCUT2D eigenvalue weighted by Crippen LogP contribution is 2.33. The van der Waals surface area contributed by atoms with Crippen LogP contribution in [0.5, 0.6) is 11.5 Å². The molecule has 0 N–H and O–H groups in total. The molecule has 6 heteroatoms. The van der Waals surface area contributed by atoms with E-state index in [1.54, 1.807) is 31.4 Å². The number of hydrogen-bond acceptors (Lipinski definition) is 5. The lowest BCUT2D eigenvalue weighted by atomic mass is 9.98. The van der Waals surface area contributed by atoms with Crippen LogP contribution in [0.25, 0.3) is 0 Å². The quantitative estimate of drug-likeness (QED) is 0.605. The minimum atomic E-state index is -0.255. The van der Waals surface area contributed by atoms with E-state index in [0.717, 1.165) is 22.6 Å². The number of benzene rings is 3. The van der Waals surface area contributed by atoms with Crippen molar-refractivity contribution in [2.45, 2.75) is 12.5 Å². The molecule has 1 amide bonds. The first-order valence-electron chi connectivity index (χ1n) is 9.90. The summed E-state index contributed by atoms with van der Waals surface area (Å²) in [5, 5.41) is 15.2. The zero-order valence-electron chi connectivity index (χ0n) is 17.1. The number of ether oxygens (including phenoxy) is 2. The van der Waals surface area contributed by atoms with Gasteiger partial charge in [0.25, 0.3) is 5.91 Å². The fourth-order valence-corrected chi connectivity index (χ4v) is 3.50. The van der Waals surface area contributed by atoms with Crippen molar-refractivity contribution < 1.29 is 14.3 Å². The molecule has 1 aliphatic heterocycles. The summed E-state index contributed by atoms with van der Waals surface area (Å²) in [6.07, 6.45) is 0.603. The Morgan fingerprint density at radius 2 is 1.84 bits per heavy atom. The van der Waals surface area contributed by atoms with Crippen LogP contribution in [0.2, 0.25) is 0 Å². The first-order chi connectivity index (χ1) is 15.2. The predicted molar refractivity (Wildman–Crippen MR) is 117 cm³/mol. The van der Waals surface area contributed by atoms with Crippen molar-refractivity contribution in [1.82, 2.24) is 5.01 Å². The number of methoxy groups -OCH3 is 1. The second-order valence-corrected chi connectivity index (χ2v) is 7.07. The van der Waals surface area contributed by atoms with Gasteiger partial charge >= 0.3 is 0 Å². The van der Waals surface area contributed by atoms with E-state index in [1.165, 1.54) is 5.01 Å². The van der Waals surface area contributed by atoms with Crippen LogP contribution in [0.4, 0.5) is 0 Å². The summed E-state index contributed by atoms with van der Waals surface area (Å²) in [6, 6.07) is 26.1. The molecule has 0 spiro atoms. The molecule has 6 nitrogen and oxygen atoms in total. The van der Waals surface area contributed by atoms with E-state index in [0.29, 0.717) is 17.7 Å². The van der Waals surface area contributed by atoms with Gasteiger partial charge in [0.15, 0.2) is 6.61 Å². The lowest BCUT2D eigenvalue weighted by Crippen LogP contribution is -2.31. The molecule has 4 rings (SSSR count). The van der Waals surface area contributed by atoms with Crippen LogP contribution in [0.3, 0.4) is 0 Å². The average Bonchev–Trinajstić information content (AvgIpc) is 3.29. The van der Waals surface area contributed by atoms with Gasteiger partial charge in [-0.3, -0.25) is 4.79 Å². The molecule has 1 heterocycles. The summed E-state index contributed by atoms with van der Waals surface area (Å²) in [4.78, 5) is 13.1. The minimum Gasteiger partial charge on any atom is -0.497 e. The van der Waals surface area contributed by atoms with Crippen molar-refractivity contribution >= 4 is 11.6 Å². The maximum absolute atomic E-state index is 13.1. The van der Waals surface area contributed by atoms with E-state index in [-0.39, 0.29) is 18.6 Å². The summed E-state index contributed by atoms with van der Waals surface area (Å²) in [5.41, 5.74) is 3.28. The first-order valence-corrected chi connectivity index (χ1v) is 9.90. The van der Waals surface area contributed by atoms with Gasteiger partial charge in [0.2, 0.25) is 0 Å². The number of amides is 1. The molecule has 3 aromatic carbocycles. The Balaban J connectivity index is 1.57. The van der Waals surface area contributed by atoms with E-state index in [9.17, 15) is 4.79 Å². The Morgan fingerprint density at radius 1 is 1.06 bits per heavy atom. The Kier molecular flexibility index (Phi) is 5.95. The number of nitrogens with zero attached hydrogens (tertiary/aromatic N) is 3. The molecule has 0 aliphatic carbocycles. The summed E-state index contributed by atoms with van der Waals surface area (Å²) in [6.45, 7) is -0.174. The predicted octanol–water partition coefficient (Wildman–Crippen LogP) is 4.32. The van der Waals surface area contributed by atoms with Crippen molar-refractivity contribution in [2.24, 2.45) is 5.10 Å². The lowest BCUT2D eigenvalue weighted by molar-refractivity contribution is -0.135. The van der Waals surface area contributed by atoms with E-state index in [2.05, 4.69) is 11.2 Å². The van der Waals surface area contributed by atoms with E-state index < -0.39 is 0 Å². The van der Waals surface area contributed by atoms with Gasteiger partial charge in [0, 0.05) is 6.42 Å². The zero-order valence-corrected chi connectivity index (χ0v) is 17.1. The second kappa shape index (κ2) is 9.14. The highest BCUT2D eigenvalue weighted by molar-refractivity contribution is 6.03. The van der Waals surface area contributed by atoms with E-state index in [4.69, 9.17) is 14.7 Å². The summed E-state index contributed by atoms with van der Waals surface area (Å²) in [7, 11) is 1.62. The van der Waals surface area contributed by atoms with Gasteiger partial charge in [0.1, 0.15) is 11.5 Å². The topological polar surface area (TPSA) is 74.9 Å². The molecular formula is C25H21N3O3. The monoisotopic (exact) mass is 411 g/mol. The van der Waals surface area contributed by atoms with Crippen LogP contribution < -0.4 is 9.47 Å². The van der Waals surface area contributed by atoms with Crippen LogP contribution in [-0.2, 0) is 4.79 Å². The van der Waals surface area contributed by atoms with Crippen LogP contribution in [0, 0.1) is 11.3 Å². The average molecular weight is 411 g/mol. The second-order valence-electron chi connectivity index (χ2n) is 7.07. The van der Waals surface area contributed by atoms with Gasteiger partial charge in [-0.05, 0) is 41.5 Å². The SMILES string of the molecule is COc1ccc(C2CC(c3ccccc3)=NN2C(=O)COc2cccc(C#N)c2)cc1. The fourth-order valence-electron chi connectivity index (χ4n) is 3.50. The van der Waals surface area contributed by atoms with Crippen molar-refractivity contribution in [3.63, 3.8) is 0 Å². The number of carbonyl (C=O) groups excluding carboxylic acids is 1. The van der Waals surface area contributed by atoms with Gasteiger partial charge in [-0.15, -0.1) is 0 Å². The van der Waals surface area contributed by atoms with Gasteiger partial charge in [-0.25, -0.2) is 5.01 Å². The smallest absolute Gasteiger partial charge is 0.281 e. The molecule has 31 heavy (non-hydrogen) atoms. The molecule has 154 valence electrons. The number of hydrazone groups is 1. The van der Waals surface area contributed by atoms with Crippen molar-refractivity contribution in [2.75, 3.05) is 13.7 Å². The molecule has 1 aliphatic rings. The maximum atomic E-state index is 13.1. The number of rotatable bonds is 6. The Bertz CT molecular complexity index is 1130. The molecule has 0 fully saturated rings. The van der Waals surface area contributed by atoms with Gasteiger partial charge < -0.3 is 9.47 Å². The summed E-state index contributed by atoms with van der Waals surface area (Å²) < 4.78 is 10.9. The maximum Gasteiger partial charge on any atom is 0.281 e. The van der Waals surface area contributed by atoms with Crippen molar-refractivity contribution in [1.29, 1.82) is 5.26 Å². The Hall–Kier alpha value is -4.11. The minimum absolute atomic E-state index is 0.174. The number of nitriles is 1. The molecule has 3 aromatic rings. The number of carbonyl (C=O) groups is 1. The van der Waals surface area contributed by atoms with Crippen LogP contribution in [-0.4, -0.2) is 30.3 Å². The third-order valence-electron chi connectivity index (χ3n) is 5.10. The zero-order chi connectivity index (χ0) is 21.6. The van der Waals surface area contributed by atoms with Gasteiger partial charge in [0.05, 0.1) is 30.5 Å². The van der Waals surface area contributed by atoms with Crippen LogP contribution in [0.1, 0.15) is 29.2 Å². The Morgan fingerprint density at radius 3 is 2.55 bits per heavy atom. The highest BCUT2D eigenvalue weighted by atomic mass is 16.5. The molecule has 1 unspecified atom stereocenters. The van der Waals surface area contributed by atoms with Gasteiger partial charge in [-0.1, -0.05) is 48.5 Å². The molecule has 0 bridgehead atoms. The van der Waals surface area contributed by atoms with Crippen LogP contribution in [0.15, 0.2) is 84.0 Å². The summed E-state index contributed by atoms with van der Waals surface area (Å²) >= 11 is 0. The lowest BCUT2D eigenvalue weighted by Gasteiger charge is -2.22. The normalized spacial score (nSPS) is 15.2. The van der Waals surface area contributed by atoms with Crippen LogP contribution >= 0.6 is 0 Å². The third-order valence-corrected chi connectivity index (χ3v) is 5.10. The standard InChI is InChI=1S/C25H21N3O3/c1-30-21-12-10-20(11-13-21)24-15-23(19-7-3-2-4-8-19)27-28(24)25(29)17-31-22-9-5-6-18(14-22)16-26/h2-14,24H,15,17H2,1H3. The van der Waals surface area contributed by atoms with E-state index >= 15 is 0 Å². The number of hydrogen-bond donors (Lipinski definition) is 0. The molecule has 0 saturated carbocycles. The first kappa shape index (κ1) is 20.2. The van der Waals surface area contributed by atoms with Crippen molar-refractivity contribution in [3.8, 4) is 17.6 Å². The van der Waals surface area contributed by atoms with Gasteiger partial charge in [-0.2, -0.15) is 10.4 Å². The molecule has 1 atom stereocenters. The van der Waals surface area contributed by atoms with Crippen molar-refractivity contribution in [3.05, 3.63) is 95.6 Å². The fraction of sp³-hybridized carbons (Fsp3) is 0.160. The molecular weight excluding hydrogens is 390 g/mol. The van der Waals surface area contributed by atoms with E-state index in [1.807, 2.05) is 54.6 Å². The summed E-state index contributed by atoms with van der Waals surface area (Å²) in [5.74, 6) is 0.971. The largest absolute Gasteiger partial charge is 0.497 e. The third kappa shape index (κ3) is 4.57. The highest BCUT2D eigenvalue weighted by Gasteiger charge is 2.33. The Labute approximate surface area is 181 Å². The molecule has 0 radical (unpaired) electrons. The molecule has 0 aromatic heterocycles.